The van der Waals surface area contributed by atoms with Crippen LogP contribution in [-0.4, -0.2) is 58.3 Å². The molecule has 1 aromatic heterocycles. The van der Waals surface area contributed by atoms with Crippen LogP contribution in [0.2, 0.25) is 5.02 Å². The zero-order valence-corrected chi connectivity index (χ0v) is 23.2. The maximum atomic E-state index is 13.8. The van der Waals surface area contributed by atoms with E-state index < -0.39 is 10.8 Å². The number of non-ortho nitro benzene ring substituents is 1. The van der Waals surface area contributed by atoms with Crippen molar-refractivity contribution in [2.75, 3.05) is 26.7 Å². The van der Waals surface area contributed by atoms with Crippen LogP contribution in [0.15, 0.2) is 72.9 Å². The topological polar surface area (TPSA) is 109 Å². The van der Waals surface area contributed by atoms with Gasteiger partial charge in [0.15, 0.2) is 0 Å². The number of hydrogen-bond acceptors (Lipinski definition) is 5. The van der Waals surface area contributed by atoms with Gasteiger partial charge in [-0.2, -0.15) is 0 Å². The molecule has 0 spiro atoms. The summed E-state index contributed by atoms with van der Waals surface area (Å²) in [7, 11) is 1.59. The molecule has 0 atom stereocenters. The smallest absolute Gasteiger partial charge is 0.270 e. The second-order valence-electron chi connectivity index (χ2n) is 9.38. The number of aromatic nitrogens is 1. The summed E-state index contributed by atoms with van der Waals surface area (Å²) in [6.07, 6.45) is 3.19. The average molecular weight is 563 g/mol. The van der Waals surface area contributed by atoms with Crippen LogP contribution < -0.4 is 4.74 Å². The van der Waals surface area contributed by atoms with Crippen LogP contribution in [0, 0.1) is 10.1 Å². The number of H-pyrrole nitrogens is 1. The van der Waals surface area contributed by atoms with Crippen LogP contribution in [0.3, 0.4) is 0 Å². The molecule has 1 N–H and O–H groups in total. The fourth-order valence-electron chi connectivity index (χ4n) is 4.67. The summed E-state index contributed by atoms with van der Waals surface area (Å²) in [4.78, 5) is 44.2. The van der Waals surface area contributed by atoms with E-state index in [0.717, 1.165) is 28.1 Å². The van der Waals surface area contributed by atoms with Crippen molar-refractivity contribution < 1.29 is 19.2 Å². The molecule has 10 heteroatoms. The highest BCUT2D eigenvalue weighted by atomic mass is 35.5. The van der Waals surface area contributed by atoms with E-state index in [4.69, 9.17) is 16.3 Å². The minimum Gasteiger partial charge on any atom is -0.496 e. The zero-order chi connectivity index (χ0) is 28.6. The quantitative estimate of drug-likeness (QED) is 0.172. The third kappa shape index (κ3) is 6.60. The number of hydrogen-bond donors (Lipinski definition) is 1. The first kappa shape index (κ1) is 28.6. The number of carbonyl (C=O) groups is 2. The van der Waals surface area contributed by atoms with Gasteiger partial charge in [0.2, 0.25) is 5.91 Å². The molecule has 0 aliphatic rings. The van der Waals surface area contributed by atoms with Gasteiger partial charge in [-0.25, -0.2) is 0 Å². The van der Waals surface area contributed by atoms with Crippen LogP contribution in [0.5, 0.6) is 5.75 Å². The number of amides is 2. The Morgan fingerprint density at radius 1 is 1.00 bits per heavy atom. The summed E-state index contributed by atoms with van der Waals surface area (Å²) < 4.78 is 5.52. The first-order valence-electron chi connectivity index (χ1n) is 13.0. The van der Waals surface area contributed by atoms with Crippen LogP contribution in [0.4, 0.5) is 5.69 Å². The largest absolute Gasteiger partial charge is 0.496 e. The highest BCUT2D eigenvalue weighted by Gasteiger charge is 2.25. The molecular formula is C30H31ClN4O5. The Kier molecular flexibility index (Phi) is 9.39. The molecule has 0 aliphatic heterocycles. The van der Waals surface area contributed by atoms with E-state index in [1.165, 1.54) is 17.0 Å². The molecule has 40 heavy (non-hydrogen) atoms. The average Bonchev–Trinajstić information content (AvgIpc) is 3.37. The number of nitrogens with zero attached hydrogens (tertiary/aromatic N) is 3. The van der Waals surface area contributed by atoms with Crippen molar-refractivity contribution >= 4 is 40.0 Å². The summed E-state index contributed by atoms with van der Waals surface area (Å²) >= 11 is 6.24. The van der Waals surface area contributed by atoms with Gasteiger partial charge in [-0.05, 0) is 36.6 Å². The Hall–Kier alpha value is -4.37. The lowest BCUT2D eigenvalue weighted by Gasteiger charge is -2.28. The monoisotopic (exact) mass is 562 g/mol. The van der Waals surface area contributed by atoms with E-state index in [1.807, 2.05) is 61.7 Å². The molecule has 2 amide bonds. The maximum Gasteiger partial charge on any atom is 0.270 e. The van der Waals surface area contributed by atoms with E-state index in [2.05, 4.69) is 4.98 Å². The van der Waals surface area contributed by atoms with Gasteiger partial charge in [0.05, 0.1) is 22.6 Å². The van der Waals surface area contributed by atoms with E-state index in [0.29, 0.717) is 38.2 Å². The molecule has 0 saturated carbocycles. The third-order valence-electron chi connectivity index (χ3n) is 6.73. The van der Waals surface area contributed by atoms with Crippen molar-refractivity contribution in [1.82, 2.24) is 14.8 Å². The van der Waals surface area contributed by atoms with Crippen LogP contribution in [0.1, 0.15) is 34.8 Å². The Morgan fingerprint density at radius 3 is 2.48 bits per heavy atom. The SMILES string of the molecule is CCCN(CC(=O)N(CCc1c[nH]c2ccccc12)Cc1ccccc1OC)C(=O)c1ccc([N+](=O)[O-])cc1Cl. The number of halogens is 1. The number of para-hydroxylation sites is 2. The Labute approximate surface area is 237 Å². The zero-order valence-electron chi connectivity index (χ0n) is 22.4. The summed E-state index contributed by atoms with van der Waals surface area (Å²) in [6.45, 7) is 2.79. The minimum absolute atomic E-state index is 0.0297. The molecule has 1 heterocycles. The molecule has 4 rings (SSSR count). The second kappa shape index (κ2) is 13.1. The lowest BCUT2D eigenvalue weighted by atomic mass is 10.1. The van der Waals surface area contributed by atoms with Gasteiger partial charge in [0, 0.05) is 54.4 Å². The Morgan fingerprint density at radius 2 is 1.75 bits per heavy atom. The number of aromatic amines is 1. The Bertz CT molecular complexity index is 1520. The number of methoxy groups -OCH3 is 1. The molecular weight excluding hydrogens is 532 g/mol. The molecule has 0 radical (unpaired) electrons. The van der Waals surface area contributed by atoms with Gasteiger partial charge in [0.1, 0.15) is 12.3 Å². The molecule has 4 aromatic rings. The number of fused-ring (bicyclic) bond motifs is 1. The Balaban J connectivity index is 1.58. The standard InChI is InChI=1S/C30H31ClN4O5/c1-3-15-34(30(37)25-13-12-23(35(38)39)17-26(25)31)20-29(36)33(19-22-8-4-7-11-28(22)40-2)16-14-21-18-32-27-10-6-5-9-24(21)27/h4-13,17-18,32H,3,14-16,19-20H2,1-2H3. The fourth-order valence-corrected chi connectivity index (χ4v) is 4.93. The number of nitro groups is 1. The first-order chi connectivity index (χ1) is 19.3. The number of ether oxygens (including phenoxy) is 1. The van der Waals surface area contributed by atoms with E-state index in [1.54, 1.807) is 12.0 Å². The lowest BCUT2D eigenvalue weighted by Crippen LogP contribution is -2.43. The highest BCUT2D eigenvalue weighted by molar-refractivity contribution is 6.34. The van der Waals surface area contributed by atoms with E-state index in [9.17, 15) is 19.7 Å². The van der Waals surface area contributed by atoms with Crippen molar-refractivity contribution in [1.29, 1.82) is 0 Å². The number of carbonyl (C=O) groups excluding carboxylic acids is 2. The van der Waals surface area contributed by atoms with Crippen LogP contribution in [0.25, 0.3) is 10.9 Å². The molecule has 208 valence electrons. The van der Waals surface area contributed by atoms with Gasteiger partial charge in [-0.15, -0.1) is 0 Å². The molecule has 3 aromatic carbocycles. The van der Waals surface area contributed by atoms with Crippen LogP contribution >= 0.6 is 11.6 Å². The number of nitro benzene ring substituents is 1. The van der Waals surface area contributed by atoms with Gasteiger partial charge in [-0.3, -0.25) is 19.7 Å². The number of benzene rings is 3. The summed E-state index contributed by atoms with van der Waals surface area (Å²) in [5.41, 5.74) is 2.87. The van der Waals surface area contributed by atoms with Gasteiger partial charge in [0.25, 0.3) is 11.6 Å². The fraction of sp³-hybridized carbons (Fsp3) is 0.267. The summed E-state index contributed by atoms with van der Waals surface area (Å²) in [5, 5.41) is 12.2. The predicted octanol–water partition coefficient (Wildman–Crippen LogP) is 5.86. The molecule has 0 aliphatic carbocycles. The minimum atomic E-state index is -0.573. The van der Waals surface area contributed by atoms with Crippen molar-refractivity contribution in [2.45, 2.75) is 26.3 Å². The normalized spacial score (nSPS) is 10.9. The van der Waals surface area contributed by atoms with Crippen molar-refractivity contribution in [3.05, 3.63) is 105 Å². The molecule has 0 bridgehead atoms. The highest BCUT2D eigenvalue weighted by Crippen LogP contribution is 2.25. The van der Waals surface area contributed by atoms with Crippen molar-refractivity contribution in [3.63, 3.8) is 0 Å². The molecule has 0 saturated heterocycles. The maximum absolute atomic E-state index is 13.8. The number of rotatable bonds is 12. The first-order valence-corrected chi connectivity index (χ1v) is 13.4. The predicted molar refractivity (Wildman–Crippen MR) is 155 cm³/mol. The molecule has 0 unspecified atom stereocenters. The molecule has 9 nitrogen and oxygen atoms in total. The van der Waals surface area contributed by atoms with Crippen molar-refractivity contribution in [3.8, 4) is 5.75 Å². The third-order valence-corrected chi connectivity index (χ3v) is 7.05. The van der Waals surface area contributed by atoms with Crippen LogP contribution in [-0.2, 0) is 17.8 Å². The molecule has 0 fully saturated rings. The van der Waals surface area contributed by atoms with Gasteiger partial charge >= 0.3 is 0 Å². The summed E-state index contributed by atoms with van der Waals surface area (Å²) in [6, 6.07) is 19.2. The van der Waals surface area contributed by atoms with E-state index >= 15 is 0 Å². The summed E-state index contributed by atoms with van der Waals surface area (Å²) in [5.74, 6) is -0.0129. The van der Waals surface area contributed by atoms with E-state index in [-0.39, 0.29) is 28.7 Å². The number of nitrogens with one attached hydrogen (secondary N) is 1. The van der Waals surface area contributed by atoms with Gasteiger partial charge < -0.3 is 19.5 Å². The van der Waals surface area contributed by atoms with Gasteiger partial charge in [-0.1, -0.05) is 54.9 Å². The second-order valence-corrected chi connectivity index (χ2v) is 9.79. The van der Waals surface area contributed by atoms with Crippen molar-refractivity contribution in [2.24, 2.45) is 0 Å². The lowest BCUT2D eigenvalue weighted by molar-refractivity contribution is -0.384.